The summed E-state index contributed by atoms with van der Waals surface area (Å²) in [5, 5.41) is 8.89. The van der Waals surface area contributed by atoms with Gasteiger partial charge in [0.25, 0.3) is 10.2 Å². The van der Waals surface area contributed by atoms with Gasteiger partial charge in [-0.3, -0.25) is 0 Å². The average molecular weight is 286 g/mol. The van der Waals surface area contributed by atoms with Crippen molar-refractivity contribution in [3.8, 4) is 0 Å². The van der Waals surface area contributed by atoms with E-state index < -0.39 is 10.2 Å². The van der Waals surface area contributed by atoms with E-state index in [2.05, 4.69) is 4.72 Å². The number of hydrogen-bond donors (Lipinski definition) is 2. The quantitative estimate of drug-likeness (QED) is 0.752. The van der Waals surface area contributed by atoms with Crippen molar-refractivity contribution in [2.45, 2.75) is 32.4 Å². The molecule has 0 aliphatic heterocycles. The second-order valence-corrected chi connectivity index (χ2v) is 6.29. The smallest absolute Gasteiger partial charge is 0.279 e. The Morgan fingerprint density at radius 1 is 1.32 bits per heavy atom. The minimum Gasteiger partial charge on any atom is -0.396 e. The number of aliphatic hydroxyl groups excluding tert-OH is 1. The van der Waals surface area contributed by atoms with Crippen molar-refractivity contribution in [1.29, 1.82) is 0 Å². The zero-order valence-corrected chi connectivity index (χ0v) is 12.2. The lowest BCUT2D eigenvalue weighted by Gasteiger charge is -2.22. The van der Waals surface area contributed by atoms with Gasteiger partial charge < -0.3 is 5.11 Å². The second kappa shape index (κ2) is 7.59. The van der Waals surface area contributed by atoms with Crippen LogP contribution in [0.1, 0.15) is 25.3 Å². The van der Waals surface area contributed by atoms with Crippen molar-refractivity contribution >= 4 is 10.2 Å². The molecule has 0 aliphatic rings. The van der Waals surface area contributed by atoms with E-state index in [1.807, 2.05) is 37.3 Å². The topological polar surface area (TPSA) is 69.6 Å². The summed E-state index contributed by atoms with van der Waals surface area (Å²) in [5.74, 6) is 0. The summed E-state index contributed by atoms with van der Waals surface area (Å²) in [6.45, 7) is 2.19. The molecule has 0 spiro atoms. The number of nitrogens with one attached hydrogen (secondary N) is 1. The van der Waals surface area contributed by atoms with E-state index in [1.54, 1.807) is 7.05 Å². The van der Waals surface area contributed by atoms with Crippen molar-refractivity contribution in [1.82, 2.24) is 9.03 Å². The molecule has 5 nitrogen and oxygen atoms in total. The summed E-state index contributed by atoms with van der Waals surface area (Å²) < 4.78 is 28.1. The lowest BCUT2D eigenvalue weighted by atomic mass is 10.2. The Morgan fingerprint density at radius 3 is 2.47 bits per heavy atom. The standard InChI is InChI=1S/C13H22N2O3S/c1-3-13(9-10-16)14-19(17,18)15(2)11-12-7-5-4-6-8-12/h4-8,13-14,16H,3,9-11H2,1-2H3. The molecule has 0 heterocycles. The third-order valence-corrected chi connectivity index (χ3v) is 4.53. The van der Waals surface area contributed by atoms with Gasteiger partial charge in [0, 0.05) is 26.2 Å². The fraction of sp³-hybridized carbons (Fsp3) is 0.538. The Hall–Kier alpha value is -0.950. The minimum atomic E-state index is -3.52. The largest absolute Gasteiger partial charge is 0.396 e. The van der Waals surface area contributed by atoms with Gasteiger partial charge in [0.15, 0.2) is 0 Å². The van der Waals surface area contributed by atoms with E-state index in [0.29, 0.717) is 19.4 Å². The molecule has 0 fully saturated rings. The summed E-state index contributed by atoms with van der Waals surface area (Å²) in [7, 11) is -1.98. The van der Waals surface area contributed by atoms with Gasteiger partial charge in [-0.05, 0) is 18.4 Å². The minimum absolute atomic E-state index is 0.0244. The van der Waals surface area contributed by atoms with Crippen LogP contribution in [0, 0.1) is 0 Å². The first kappa shape index (κ1) is 16.1. The first-order valence-corrected chi connectivity index (χ1v) is 7.82. The summed E-state index contributed by atoms with van der Waals surface area (Å²) in [5.41, 5.74) is 0.936. The number of rotatable bonds is 8. The van der Waals surface area contributed by atoms with Crippen molar-refractivity contribution < 1.29 is 13.5 Å². The van der Waals surface area contributed by atoms with E-state index in [1.165, 1.54) is 4.31 Å². The molecule has 108 valence electrons. The first-order valence-electron chi connectivity index (χ1n) is 6.38. The fourth-order valence-corrected chi connectivity index (χ4v) is 2.93. The van der Waals surface area contributed by atoms with Crippen LogP contribution in [0.2, 0.25) is 0 Å². The van der Waals surface area contributed by atoms with Gasteiger partial charge in [-0.1, -0.05) is 37.3 Å². The highest BCUT2D eigenvalue weighted by Crippen LogP contribution is 2.08. The SMILES string of the molecule is CCC(CCO)NS(=O)(=O)N(C)Cc1ccccc1. The van der Waals surface area contributed by atoms with Gasteiger partial charge in [0.05, 0.1) is 0 Å². The molecule has 0 saturated carbocycles. The monoisotopic (exact) mass is 286 g/mol. The Morgan fingerprint density at radius 2 is 1.95 bits per heavy atom. The molecule has 6 heteroatoms. The molecule has 1 rings (SSSR count). The Bertz CT molecular complexity index is 462. The molecule has 0 amide bonds. The van der Waals surface area contributed by atoms with Crippen molar-refractivity contribution in [3.05, 3.63) is 35.9 Å². The molecule has 0 saturated heterocycles. The van der Waals surface area contributed by atoms with E-state index in [4.69, 9.17) is 5.11 Å². The van der Waals surface area contributed by atoms with Gasteiger partial charge in [0.2, 0.25) is 0 Å². The maximum Gasteiger partial charge on any atom is 0.279 e. The zero-order valence-electron chi connectivity index (χ0n) is 11.4. The Balaban J connectivity index is 2.66. The van der Waals surface area contributed by atoms with Gasteiger partial charge in [-0.2, -0.15) is 17.4 Å². The molecule has 1 unspecified atom stereocenters. The van der Waals surface area contributed by atoms with E-state index >= 15 is 0 Å². The lowest BCUT2D eigenvalue weighted by Crippen LogP contribution is -2.43. The predicted octanol–water partition coefficient (Wildman–Crippen LogP) is 1.11. The summed E-state index contributed by atoms with van der Waals surface area (Å²) in [4.78, 5) is 0. The number of hydrogen-bond acceptors (Lipinski definition) is 3. The van der Waals surface area contributed by atoms with Crippen LogP contribution in [0.15, 0.2) is 30.3 Å². The lowest BCUT2D eigenvalue weighted by molar-refractivity contribution is 0.269. The van der Waals surface area contributed by atoms with Crippen molar-refractivity contribution in [2.24, 2.45) is 0 Å². The third-order valence-electron chi connectivity index (χ3n) is 2.94. The van der Waals surface area contributed by atoms with Crippen LogP contribution in [0.4, 0.5) is 0 Å². The van der Waals surface area contributed by atoms with E-state index in [0.717, 1.165) is 5.56 Å². The summed E-state index contributed by atoms with van der Waals surface area (Å²) in [6, 6.07) is 9.19. The van der Waals surface area contributed by atoms with Gasteiger partial charge in [-0.15, -0.1) is 0 Å². The first-order chi connectivity index (χ1) is 8.99. The predicted molar refractivity (Wildman–Crippen MR) is 75.7 cm³/mol. The number of benzene rings is 1. The van der Waals surface area contributed by atoms with Crippen LogP contribution in [0.3, 0.4) is 0 Å². The van der Waals surface area contributed by atoms with Crippen LogP contribution in [0.5, 0.6) is 0 Å². The summed E-state index contributed by atoms with van der Waals surface area (Å²) >= 11 is 0. The highest BCUT2D eigenvalue weighted by molar-refractivity contribution is 7.87. The van der Waals surface area contributed by atoms with E-state index in [-0.39, 0.29) is 12.6 Å². The maximum atomic E-state index is 12.1. The van der Waals surface area contributed by atoms with E-state index in [9.17, 15) is 8.42 Å². The van der Waals surface area contributed by atoms with Crippen molar-refractivity contribution in [3.63, 3.8) is 0 Å². The van der Waals surface area contributed by atoms with Crippen LogP contribution < -0.4 is 4.72 Å². The second-order valence-electron chi connectivity index (χ2n) is 4.48. The fourth-order valence-electron chi connectivity index (χ4n) is 1.73. The number of aliphatic hydroxyl groups is 1. The van der Waals surface area contributed by atoms with Crippen molar-refractivity contribution in [2.75, 3.05) is 13.7 Å². The van der Waals surface area contributed by atoms with Gasteiger partial charge in [0.1, 0.15) is 0 Å². The molecule has 0 aromatic heterocycles. The molecular formula is C13H22N2O3S. The normalized spacial score (nSPS) is 13.7. The molecule has 1 aromatic carbocycles. The van der Waals surface area contributed by atoms with Crippen LogP contribution >= 0.6 is 0 Å². The van der Waals surface area contributed by atoms with Crippen LogP contribution in [-0.2, 0) is 16.8 Å². The van der Waals surface area contributed by atoms with Crippen LogP contribution in [-0.4, -0.2) is 37.5 Å². The molecule has 19 heavy (non-hydrogen) atoms. The molecule has 0 aliphatic carbocycles. The molecule has 1 aromatic rings. The molecular weight excluding hydrogens is 264 g/mol. The zero-order chi connectivity index (χ0) is 14.3. The highest BCUT2D eigenvalue weighted by Gasteiger charge is 2.21. The van der Waals surface area contributed by atoms with Gasteiger partial charge in [-0.25, -0.2) is 0 Å². The summed E-state index contributed by atoms with van der Waals surface area (Å²) in [6.07, 6.45) is 1.08. The average Bonchev–Trinajstić information content (AvgIpc) is 2.39. The molecule has 0 radical (unpaired) electrons. The molecule has 1 atom stereocenters. The van der Waals surface area contributed by atoms with Gasteiger partial charge >= 0.3 is 0 Å². The molecule has 2 N–H and O–H groups in total. The number of nitrogens with zero attached hydrogens (tertiary/aromatic N) is 1. The maximum absolute atomic E-state index is 12.1. The van der Waals surface area contributed by atoms with Crippen LogP contribution in [0.25, 0.3) is 0 Å². The third kappa shape index (κ3) is 5.28. The Labute approximate surface area is 115 Å². The Kier molecular flexibility index (Phi) is 6.44. The highest BCUT2D eigenvalue weighted by atomic mass is 32.2. The molecule has 0 bridgehead atoms.